The standard InChI is InChI=1S/C20H23N5O.ClH/c1-16-7-5-10-18(13-16)25-15-19(22-23-25)20(26)24(12-6-11-21)14-17-8-3-2-4-9-17;/h2-5,7-10,13,15H,6,11-12,14,21H2,1H3;1H. The van der Waals surface area contributed by atoms with Gasteiger partial charge in [0.25, 0.3) is 5.91 Å². The van der Waals surface area contributed by atoms with E-state index >= 15 is 0 Å². The van der Waals surface area contributed by atoms with Gasteiger partial charge in [0.2, 0.25) is 0 Å². The maximum absolute atomic E-state index is 12.9. The average molecular weight is 386 g/mol. The summed E-state index contributed by atoms with van der Waals surface area (Å²) >= 11 is 0. The van der Waals surface area contributed by atoms with Gasteiger partial charge in [0.1, 0.15) is 0 Å². The van der Waals surface area contributed by atoms with E-state index in [1.807, 2.05) is 61.5 Å². The molecule has 2 N–H and O–H groups in total. The molecule has 0 aliphatic carbocycles. The van der Waals surface area contributed by atoms with Gasteiger partial charge in [0.15, 0.2) is 5.69 Å². The molecule has 1 amide bonds. The average Bonchev–Trinajstić information content (AvgIpc) is 3.15. The maximum atomic E-state index is 12.9. The first-order valence-electron chi connectivity index (χ1n) is 8.70. The predicted molar refractivity (Wildman–Crippen MR) is 108 cm³/mol. The molecule has 7 heteroatoms. The first-order valence-corrected chi connectivity index (χ1v) is 8.70. The molecule has 0 atom stereocenters. The predicted octanol–water partition coefficient (Wildman–Crippen LogP) is 2.99. The van der Waals surface area contributed by atoms with Crippen molar-refractivity contribution in [3.8, 4) is 5.69 Å². The Morgan fingerprint density at radius 1 is 1.15 bits per heavy atom. The van der Waals surface area contributed by atoms with Gasteiger partial charge in [-0.15, -0.1) is 17.5 Å². The lowest BCUT2D eigenvalue weighted by molar-refractivity contribution is 0.0736. The summed E-state index contributed by atoms with van der Waals surface area (Å²) < 4.78 is 1.63. The van der Waals surface area contributed by atoms with Gasteiger partial charge in [-0.05, 0) is 43.1 Å². The Labute approximate surface area is 165 Å². The lowest BCUT2D eigenvalue weighted by Crippen LogP contribution is -2.32. The summed E-state index contributed by atoms with van der Waals surface area (Å²) in [6.45, 7) is 3.66. The van der Waals surface area contributed by atoms with Crippen molar-refractivity contribution >= 4 is 18.3 Å². The second-order valence-corrected chi connectivity index (χ2v) is 6.24. The van der Waals surface area contributed by atoms with Crippen molar-refractivity contribution in [1.82, 2.24) is 19.9 Å². The highest BCUT2D eigenvalue weighted by molar-refractivity contribution is 5.92. The van der Waals surface area contributed by atoms with E-state index in [1.54, 1.807) is 15.8 Å². The monoisotopic (exact) mass is 385 g/mol. The number of carbonyl (C=O) groups excluding carboxylic acids is 1. The van der Waals surface area contributed by atoms with Crippen molar-refractivity contribution in [1.29, 1.82) is 0 Å². The van der Waals surface area contributed by atoms with Gasteiger partial charge in [0, 0.05) is 13.1 Å². The topological polar surface area (TPSA) is 77.0 Å². The second kappa shape index (κ2) is 9.85. The number of amides is 1. The Bertz CT molecular complexity index is 866. The smallest absolute Gasteiger partial charge is 0.276 e. The highest BCUT2D eigenvalue weighted by Gasteiger charge is 2.19. The number of rotatable bonds is 7. The summed E-state index contributed by atoms with van der Waals surface area (Å²) in [5.74, 6) is -0.138. The number of aromatic nitrogens is 3. The number of nitrogens with zero attached hydrogens (tertiary/aromatic N) is 4. The molecule has 0 unspecified atom stereocenters. The van der Waals surface area contributed by atoms with Crippen LogP contribution in [0.15, 0.2) is 60.8 Å². The number of carbonyl (C=O) groups is 1. The number of hydrogen-bond donors (Lipinski definition) is 1. The SMILES string of the molecule is Cc1cccc(-n2cc(C(=O)N(CCCN)Cc3ccccc3)nn2)c1.Cl. The Morgan fingerprint density at radius 3 is 2.63 bits per heavy atom. The van der Waals surface area contributed by atoms with Gasteiger partial charge in [-0.3, -0.25) is 4.79 Å². The van der Waals surface area contributed by atoms with Gasteiger partial charge < -0.3 is 10.6 Å². The summed E-state index contributed by atoms with van der Waals surface area (Å²) in [6, 6.07) is 17.8. The molecule has 0 radical (unpaired) electrons. The normalized spacial score (nSPS) is 10.3. The fourth-order valence-corrected chi connectivity index (χ4v) is 2.76. The van der Waals surface area contributed by atoms with E-state index in [0.29, 0.717) is 25.3 Å². The van der Waals surface area contributed by atoms with E-state index in [4.69, 9.17) is 5.73 Å². The fourth-order valence-electron chi connectivity index (χ4n) is 2.76. The van der Waals surface area contributed by atoms with Crippen LogP contribution in [0.3, 0.4) is 0 Å². The van der Waals surface area contributed by atoms with Crippen LogP contribution in [0.5, 0.6) is 0 Å². The molecule has 0 bridgehead atoms. The zero-order valence-electron chi connectivity index (χ0n) is 15.3. The summed E-state index contributed by atoms with van der Waals surface area (Å²) in [4.78, 5) is 14.7. The second-order valence-electron chi connectivity index (χ2n) is 6.24. The van der Waals surface area contributed by atoms with Crippen molar-refractivity contribution < 1.29 is 4.79 Å². The summed E-state index contributed by atoms with van der Waals surface area (Å²) in [6.07, 6.45) is 2.42. The third-order valence-electron chi connectivity index (χ3n) is 4.11. The molecule has 0 saturated carbocycles. The number of aryl methyl sites for hydroxylation is 1. The van der Waals surface area contributed by atoms with Crippen LogP contribution < -0.4 is 5.73 Å². The van der Waals surface area contributed by atoms with Crippen molar-refractivity contribution in [2.24, 2.45) is 5.73 Å². The van der Waals surface area contributed by atoms with Crippen LogP contribution in [0, 0.1) is 6.92 Å². The molecular formula is C20H24ClN5O. The third kappa shape index (κ3) is 5.39. The Morgan fingerprint density at radius 2 is 1.93 bits per heavy atom. The third-order valence-corrected chi connectivity index (χ3v) is 4.11. The molecule has 0 aliphatic rings. The van der Waals surface area contributed by atoms with Crippen molar-refractivity contribution in [3.63, 3.8) is 0 Å². The largest absolute Gasteiger partial charge is 0.333 e. The molecule has 1 heterocycles. The molecule has 0 spiro atoms. The highest BCUT2D eigenvalue weighted by atomic mass is 35.5. The Kier molecular flexibility index (Phi) is 7.52. The lowest BCUT2D eigenvalue weighted by Gasteiger charge is -2.21. The van der Waals surface area contributed by atoms with Gasteiger partial charge in [-0.25, -0.2) is 4.68 Å². The van der Waals surface area contributed by atoms with Crippen LogP contribution in [-0.2, 0) is 6.54 Å². The Balaban J connectivity index is 0.00000261. The zero-order valence-corrected chi connectivity index (χ0v) is 16.1. The molecule has 0 fully saturated rings. The fraction of sp³-hybridized carbons (Fsp3) is 0.250. The van der Waals surface area contributed by atoms with Crippen LogP contribution in [0.2, 0.25) is 0 Å². The van der Waals surface area contributed by atoms with Gasteiger partial charge in [0.05, 0.1) is 11.9 Å². The minimum atomic E-state index is -0.138. The molecular weight excluding hydrogens is 362 g/mol. The molecule has 1 aromatic heterocycles. The van der Waals surface area contributed by atoms with Crippen LogP contribution in [0.1, 0.15) is 28.0 Å². The van der Waals surface area contributed by atoms with Gasteiger partial charge >= 0.3 is 0 Å². The van der Waals surface area contributed by atoms with Gasteiger partial charge in [-0.1, -0.05) is 47.7 Å². The number of benzene rings is 2. The lowest BCUT2D eigenvalue weighted by atomic mass is 10.2. The van der Waals surface area contributed by atoms with Crippen LogP contribution in [0.4, 0.5) is 0 Å². The molecule has 27 heavy (non-hydrogen) atoms. The summed E-state index contributed by atoms with van der Waals surface area (Å²) in [5.41, 5.74) is 9.05. The number of hydrogen-bond acceptors (Lipinski definition) is 4. The molecule has 3 aromatic rings. The quantitative estimate of drug-likeness (QED) is 0.678. The molecule has 0 aliphatic heterocycles. The summed E-state index contributed by atoms with van der Waals surface area (Å²) in [5, 5.41) is 8.20. The first kappa shape index (κ1) is 20.6. The molecule has 142 valence electrons. The van der Waals surface area contributed by atoms with Crippen molar-refractivity contribution in [2.45, 2.75) is 19.9 Å². The van der Waals surface area contributed by atoms with Crippen molar-refractivity contribution in [3.05, 3.63) is 77.6 Å². The maximum Gasteiger partial charge on any atom is 0.276 e. The van der Waals surface area contributed by atoms with E-state index in [0.717, 1.165) is 23.2 Å². The summed E-state index contributed by atoms with van der Waals surface area (Å²) in [7, 11) is 0. The van der Waals surface area contributed by atoms with Crippen LogP contribution >= 0.6 is 12.4 Å². The molecule has 0 saturated heterocycles. The van der Waals surface area contributed by atoms with E-state index in [2.05, 4.69) is 10.3 Å². The number of halogens is 1. The first-order chi connectivity index (χ1) is 12.7. The van der Waals surface area contributed by atoms with E-state index in [-0.39, 0.29) is 18.3 Å². The molecule has 2 aromatic carbocycles. The van der Waals surface area contributed by atoms with E-state index in [1.165, 1.54) is 0 Å². The number of nitrogens with two attached hydrogens (primary N) is 1. The minimum absolute atomic E-state index is 0. The highest BCUT2D eigenvalue weighted by Crippen LogP contribution is 2.12. The van der Waals surface area contributed by atoms with Crippen LogP contribution in [-0.4, -0.2) is 38.9 Å². The minimum Gasteiger partial charge on any atom is -0.333 e. The van der Waals surface area contributed by atoms with Gasteiger partial charge in [-0.2, -0.15) is 0 Å². The van der Waals surface area contributed by atoms with Crippen molar-refractivity contribution in [2.75, 3.05) is 13.1 Å². The zero-order chi connectivity index (χ0) is 18.4. The van der Waals surface area contributed by atoms with E-state index < -0.39 is 0 Å². The van der Waals surface area contributed by atoms with E-state index in [9.17, 15) is 4.79 Å². The Hall–Kier alpha value is -2.70. The van der Waals surface area contributed by atoms with Crippen LogP contribution in [0.25, 0.3) is 5.69 Å². The molecule has 3 rings (SSSR count). The molecule has 6 nitrogen and oxygen atoms in total.